The number of piperazine rings is 1. The maximum absolute atomic E-state index is 12.7. The monoisotopic (exact) mass is 390 g/mol. The van der Waals surface area contributed by atoms with E-state index in [0.29, 0.717) is 18.9 Å². The molecule has 7 heteroatoms. The van der Waals surface area contributed by atoms with E-state index in [1.165, 1.54) is 27.2 Å². The maximum Gasteiger partial charge on any atom is 0.246 e. The van der Waals surface area contributed by atoms with Gasteiger partial charge in [-0.15, -0.1) is 10.2 Å². The number of benzene rings is 2. The number of amides is 1. The first-order valence-electron chi connectivity index (χ1n) is 9.95. The van der Waals surface area contributed by atoms with Crippen LogP contribution in [0.25, 0.3) is 11.4 Å². The van der Waals surface area contributed by atoms with Crippen molar-refractivity contribution in [3.05, 3.63) is 59.2 Å². The third-order valence-electron chi connectivity index (χ3n) is 5.59. The van der Waals surface area contributed by atoms with Gasteiger partial charge in [0, 0.05) is 37.4 Å². The topological polar surface area (TPSA) is 67.2 Å². The second kappa shape index (κ2) is 8.03. The van der Waals surface area contributed by atoms with Gasteiger partial charge in [-0.05, 0) is 43.2 Å². The Morgan fingerprint density at radius 3 is 2.41 bits per heavy atom. The molecule has 0 aliphatic carbocycles. The highest BCUT2D eigenvalue weighted by atomic mass is 16.2. The lowest BCUT2D eigenvalue weighted by atomic mass is 10.1. The molecule has 3 aromatic rings. The summed E-state index contributed by atoms with van der Waals surface area (Å²) in [6, 6.07) is 14.3. The Labute approximate surface area is 170 Å². The lowest BCUT2D eigenvalue weighted by molar-refractivity contribution is -0.132. The number of nitrogens with zero attached hydrogens (tertiary/aromatic N) is 6. The van der Waals surface area contributed by atoms with Crippen LogP contribution in [-0.4, -0.2) is 57.2 Å². The highest BCUT2D eigenvalue weighted by Crippen LogP contribution is 2.24. The number of carbonyl (C=O) groups excluding carboxylic acids is 1. The van der Waals surface area contributed by atoms with Gasteiger partial charge in [-0.1, -0.05) is 42.0 Å². The molecule has 1 fully saturated rings. The zero-order valence-corrected chi connectivity index (χ0v) is 17.2. The lowest BCUT2D eigenvalue weighted by Crippen LogP contribution is -2.50. The van der Waals surface area contributed by atoms with Crippen LogP contribution in [0.1, 0.15) is 16.7 Å². The zero-order valence-electron chi connectivity index (χ0n) is 17.2. The van der Waals surface area contributed by atoms with Crippen molar-refractivity contribution in [3.63, 3.8) is 0 Å². The van der Waals surface area contributed by atoms with Gasteiger partial charge in [0.2, 0.25) is 11.7 Å². The first kappa shape index (κ1) is 19.1. The molecule has 2 heterocycles. The summed E-state index contributed by atoms with van der Waals surface area (Å²) in [4.78, 5) is 18.3. The molecule has 1 aliphatic rings. The van der Waals surface area contributed by atoms with Crippen LogP contribution in [0.2, 0.25) is 0 Å². The predicted molar refractivity (Wildman–Crippen MR) is 113 cm³/mol. The van der Waals surface area contributed by atoms with E-state index in [-0.39, 0.29) is 12.5 Å². The van der Waals surface area contributed by atoms with Crippen LogP contribution >= 0.6 is 0 Å². The highest BCUT2D eigenvalue weighted by Gasteiger charge is 2.23. The second-order valence-corrected chi connectivity index (χ2v) is 7.60. The third kappa shape index (κ3) is 4.13. The minimum atomic E-state index is 0.0264. The van der Waals surface area contributed by atoms with E-state index in [0.717, 1.165) is 18.7 Å². The molecule has 1 saturated heterocycles. The molecule has 0 spiro atoms. The summed E-state index contributed by atoms with van der Waals surface area (Å²) in [5.41, 5.74) is 5.94. The predicted octanol–water partition coefficient (Wildman–Crippen LogP) is 2.61. The minimum absolute atomic E-state index is 0.0264. The van der Waals surface area contributed by atoms with Crippen molar-refractivity contribution in [2.75, 3.05) is 31.1 Å². The number of anilines is 1. The summed E-state index contributed by atoms with van der Waals surface area (Å²) < 4.78 is 0. The molecule has 0 N–H and O–H groups in total. The fourth-order valence-electron chi connectivity index (χ4n) is 3.62. The summed E-state index contributed by atoms with van der Waals surface area (Å²) in [5, 5.41) is 12.5. The van der Waals surface area contributed by atoms with Crippen LogP contribution < -0.4 is 4.90 Å². The number of tetrazole rings is 1. The molecule has 7 nitrogen and oxygen atoms in total. The number of hydrogen-bond acceptors (Lipinski definition) is 5. The molecule has 0 bridgehead atoms. The zero-order chi connectivity index (χ0) is 20.4. The van der Waals surface area contributed by atoms with Crippen molar-refractivity contribution >= 4 is 11.6 Å². The van der Waals surface area contributed by atoms with Crippen LogP contribution in [0.5, 0.6) is 0 Å². The number of rotatable bonds is 4. The molecule has 2 aromatic carbocycles. The highest BCUT2D eigenvalue weighted by molar-refractivity contribution is 5.76. The third-order valence-corrected chi connectivity index (χ3v) is 5.59. The quantitative estimate of drug-likeness (QED) is 0.685. The van der Waals surface area contributed by atoms with E-state index in [9.17, 15) is 4.79 Å². The molecule has 0 saturated carbocycles. The summed E-state index contributed by atoms with van der Waals surface area (Å²) in [6.45, 7) is 9.50. The van der Waals surface area contributed by atoms with Crippen molar-refractivity contribution in [2.24, 2.45) is 0 Å². The van der Waals surface area contributed by atoms with Gasteiger partial charge in [0.05, 0.1) is 0 Å². The molecular weight excluding hydrogens is 364 g/mol. The van der Waals surface area contributed by atoms with Gasteiger partial charge in [-0.25, -0.2) is 0 Å². The van der Waals surface area contributed by atoms with E-state index in [2.05, 4.69) is 52.4 Å². The number of hydrogen-bond donors (Lipinski definition) is 0. The number of aromatic nitrogens is 4. The SMILES string of the molecule is Cc1ccc(-c2nnn(CC(=O)N3CCN(c4cccc(C)c4C)CC3)n2)cc1. The molecule has 1 amide bonds. The largest absolute Gasteiger partial charge is 0.368 e. The van der Waals surface area contributed by atoms with Gasteiger partial charge in [0.1, 0.15) is 6.54 Å². The lowest BCUT2D eigenvalue weighted by Gasteiger charge is -2.37. The van der Waals surface area contributed by atoms with Crippen molar-refractivity contribution in [1.29, 1.82) is 0 Å². The van der Waals surface area contributed by atoms with Gasteiger partial charge in [0.15, 0.2) is 0 Å². The molecule has 0 atom stereocenters. The Hall–Kier alpha value is -3.22. The van der Waals surface area contributed by atoms with Gasteiger partial charge >= 0.3 is 0 Å². The van der Waals surface area contributed by atoms with Crippen molar-refractivity contribution < 1.29 is 4.79 Å². The van der Waals surface area contributed by atoms with Crippen LogP contribution in [-0.2, 0) is 11.3 Å². The molecule has 0 unspecified atom stereocenters. The fourth-order valence-corrected chi connectivity index (χ4v) is 3.62. The van der Waals surface area contributed by atoms with E-state index < -0.39 is 0 Å². The van der Waals surface area contributed by atoms with Gasteiger partial charge in [-0.2, -0.15) is 4.80 Å². The number of aryl methyl sites for hydroxylation is 2. The fraction of sp³-hybridized carbons (Fsp3) is 0.364. The van der Waals surface area contributed by atoms with Crippen molar-refractivity contribution in [3.8, 4) is 11.4 Å². The van der Waals surface area contributed by atoms with Crippen molar-refractivity contribution in [2.45, 2.75) is 27.3 Å². The maximum atomic E-state index is 12.7. The molecule has 0 radical (unpaired) electrons. The van der Waals surface area contributed by atoms with Gasteiger partial charge in [-0.3, -0.25) is 4.79 Å². The smallest absolute Gasteiger partial charge is 0.246 e. The molecule has 150 valence electrons. The van der Waals surface area contributed by atoms with Crippen LogP contribution in [0.15, 0.2) is 42.5 Å². The normalized spacial score (nSPS) is 14.3. The van der Waals surface area contributed by atoms with Crippen LogP contribution in [0, 0.1) is 20.8 Å². The van der Waals surface area contributed by atoms with Gasteiger partial charge < -0.3 is 9.80 Å². The van der Waals surface area contributed by atoms with Crippen molar-refractivity contribution in [1.82, 2.24) is 25.1 Å². The van der Waals surface area contributed by atoms with E-state index in [4.69, 9.17) is 0 Å². The Balaban J connectivity index is 1.36. The average molecular weight is 390 g/mol. The number of carbonyl (C=O) groups is 1. The summed E-state index contributed by atoms with van der Waals surface area (Å²) in [7, 11) is 0. The average Bonchev–Trinajstić information content (AvgIpc) is 3.19. The standard InChI is InChI=1S/C22H26N6O/c1-16-7-9-19(10-8-16)22-23-25-28(24-22)15-21(29)27-13-11-26(12-14-27)20-6-4-5-17(2)18(20)3/h4-10H,11-15H2,1-3H3. The van der Waals surface area contributed by atoms with Crippen LogP contribution in [0.4, 0.5) is 5.69 Å². The summed E-state index contributed by atoms with van der Waals surface area (Å²) >= 11 is 0. The Morgan fingerprint density at radius 1 is 0.966 bits per heavy atom. The first-order chi connectivity index (χ1) is 14.0. The molecule has 29 heavy (non-hydrogen) atoms. The Bertz CT molecular complexity index is 1000. The molecule has 1 aliphatic heterocycles. The van der Waals surface area contributed by atoms with E-state index in [1.807, 2.05) is 36.1 Å². The van der Waals surface area contributed by atoms with E-state index in [1.54, 1.807) is 0 Å². The molecule has 1 aromatic heterocycles. The first-order valence-corrected chi connectivity index (χ1v) is 9.95. The minimum Gasteiger partial charge on any atom is -0.368 e. The summed E-state index contributed by atoms with van der Waals surface area (Å²) in [6.07, 6.45) is 0. The Morgan fingerprint density at radius 2 is 1.69 bits per heavy atom. The Kier molecular flexibility index (Phi) is 5.29. The van der Waals surface area contributed by atoms with E-state index >= 15 is 0 Å². The van der Waals surface area contributed by atoms with Crippen LogP contribution in [0.3, 0.4) is 0 Å². The van der Waals surface area contributed by atoms with Gasteiger partial charge in [0.25, 0.3) is 0 Å². The second-order valence-electron chi connectivity index (χ2n) is 7.60. The molecule has 4 rings (SSSR count). The molecular formula is C22H26N6O. The summed E-state index contributed by atoms with van der Waals surface area (Å²) in [5.74, 6) is 0.566.